The van der Waals surface area contributed by atoms with E-state index in [1.54, 1.807) is 12.1 Å². The Labute approximate surface area is 123 Å². The minimum Gasteiger partial charge on any atom is -0.392 e. The predicted octanol–water partition coefficient (Wildman–Crippen LogP) is 2.68. The van der Waals surface area contributed by atoms with Crippen LogP contribution in [0.2, 0.25) is 0 Å². The maximum absolute atomic E-state index is 13.8. The first kappa shape index (κ1) is 15.5. The van der Waals surface area contributed by atoms with E-state index in [0.717, 1.165) is 18.1 Å². The summed E-state index contributed by atoms with van der Waals surface area (Å²) in [6, 6.07) is 10.4. The van der Waals surface area contributed by atoms with Gasteiger partial charge in [-0.25, -0.2) is 12.8 Å². The van der Waals surface area contributed by atoms with Crippen LogP contribution in [0.15, 0.2) is 47.4 Å². The van der Waals surface area contributed by atoms with Crippen molar-refractivity contribution in [2.45, 2.75) is 24.8 Å². The van der Waals surface area contributed by atoms with Gasteiger partial charge in [0.2, 0.25) is 0 Å². The Hall–Kier alpha value is -1.92. The third-order valence-electron chi connectivity index (χ3n) is 3.15. The molecular weight excluding hydrogens is 293 g/mol. The summed E-state index contributed by atoms with van der Waals surface area (Å²) in [5, 5.41) is 9.18. The second kappa shape index (κ2) is 6.24. The molecule has 2 aromatic rings. The Morgan fingerprint density at radius 1 is 1.14 bits per heavy atom. The molecule has 0 heterocycles. The summed E-state index contributed by atoms with van der Waals surface area (Å²) >= 11 is 0. The molecular formula is C15H16FNO3S. The zero-order chi connectivity index (χ0) is 15.5. The van der Waals surface area contributed by atoms with Gasteiger partial charge in [0, 0.05) is 5.56 Å². The van der Waals surface area contributed by atoms with Crippen LogP contribution >= 0.6 is 0 Å². The summed E-state index contributed by atoms with van der Waals surface area (Å²) in [4.78, 5) is 0.0480. The summed E-state index contributed by atoms with van der Waals surface area (Å²) in [6.45, 7) is 1.51. The molecule has 21 heavy (non-hydrogen) atoms. The molecule has 2 N–H and O–H groups in total. The number of rotatable bonds is 5. The number of benzene rings is 2. The molecule has 0 aliphatic heterocycles. The number of aryl methyl sites for hydroxylation is 1. The molecule has 0 radical (unpaired) electrons. The Kier molecular flexibility index (Phi) is 4.59. The zero-order valence-electron chi connectivity index (χ0n) is 11.5. The number of sulfonamides is 1. The Balaban J connectivity index is 2.37. The fourth-order valence-electron chi connectivity index (χ4n) is 1.91. The van der Waals surface area contributed by atoms with E-state index in [1.165, 1.54) is 24.3 Å². The molecule has 0 aliphatic carbocycles. The molecule has 2 aromatic carbocycles. The predicted molar refractivity (Wildman–Crippen MR) is 79.0 cm³/mol. The molecule has 4 nitrogen and oxygen atoms in total. The van der Waals surface area contributed by atoms with Crippen molar-refractivity contribution in [1.29, 1.82) is 0 Å². The lowest BCUT2D eigenvalue weighted by molar-refractivity contribution is 0.282. The minimum absolute atomic E-state index is 0.0480. The van der Waals surface area contributed by atoms with Gasteiger partial charge in [-0.15, -0.1) is 0 Å². The molecule has 0 amide bonds. The van der Waals surface area contributed by atoms with Gasteiger partial charge in [-0.05, 0) is 30.2 Å². The van der Waals surface area contributed by atoms with Crippen LogP contribution in [0.3, 0.4) is 0 Å². The molecule has 2 rings (SSSR count). The highest BCUT2D eigenvalue weighted by Gasteiger charge is 2.18. The SMILES string of the molecule is CCc1ccc(S(=O)(=O)Nc2c(F)cccc2CO)cc1. The number of anilines is 1. The number of hydrogen-bond acceptors (Lipinski definition) is 3. The molecule has 0 aromatic heterocycles. The zero-order valence-corrected chi connectivity index (χ0v) is 12.3. The molecule has 0 atom stereocenters. The first-order chi connectivity index (χ1) is 9.97. The van der Waals surface area contributed by atoms with E-state index in [4.69, 9.17) is 0 Å². The smallest absolute Gasteiger partial charge is 0.261 e. The lowest BCUT2D eigenvalue weighted by atomic mass is 10.2. The van der Waals surface area contributed by atoms with Crippen LogP contribution in [0.4, 0.5) is 10.1 Å². The fourth-order valence-corrected chi connectivity index (χ4v) is 3.02. The monoisotopic (exact) mass is 309 g/mol. The average molecular weight is 309 g/mol. The van der Waals surface area contributed by atoms with Gasteiger partial charge >= 0.3 is 0 Å². The van der Waals surface area contributed by atoms with Gasteiger partial charge in [-0.3, -0.25) is 4.72 Å². The van der Waals surface area contributed by atoms with Crippen molar-refractivity contribution in [2.24, 2.45) is 0 Å². The van der Waals surface area contributed by atoms with Gasteiger partial charge in [0.05, 0.1) is 17.2 Å². The molecule has 0 fully saturated rings. The van der Waals surface area contributed by atoms with E-state index in [-0.39, 0.29) is 16.1 Å². The number of hydrogen-bond donors (Lipinski definition) is 2. The van der Waals surface area contributed by atoms with E-state index in [2.05, 4.69) is 4.72 Å². The van der Waals surface area contributed by atoms with Crippen molar-refractivity contribution in [1.82, 2.24) is 0 Å². The van der Waals surface area contributed by atoms with Gasteiger partial charge in [0.25, 0.3) is 10.0 Å². The summed E-state index contributed by atoms with van der Waals surface area (Å²) < 4.78 is 40.5. The number of nitrogens with one attached hydrogen (secondary N) is 1. The van der Waals surface area contributed by atoms with Crippen LogP contribution < -0.4 is 4.72 Å². The average Bonchev–Trinajstić information content (AvgIpc) is 2.49. The molecule has 0 bridgehead atoms. The minimum atomic E-state index is -3.89. The van der Waals surface area contributed by atoms with Crippen molar-refractivity contribution in [3.8, 4) is 0 Å². The fraction of sp³-hybridized carbons (Fsp3) is 0.200. The van der Waals surface area contributed by atoms with Gasteiger partial charge in [0.1, 0.15) is 5.82 Å². The Morgan fingerprint density at radius 3 is 2.38 bits per heavy atom. The Morgan fingerprint density at radius 2 is 1.81 bits per heavy atom. The largest absolute Gasteiger partial charge is 0.392 e. The van der Waals surface area contributed by atoms with Crippen molar-refractivity contribution in [3.63, 3.8) is 0 Å². The van der Waals surface area contributed by atoms with Crippen LogP contribution in [-0.4, -0.2) is 13.5 Å². The second-order valence-electron chi connectivity index (χ2n) is 4.54. The van der Waals surface area contributed by atoms with Crippen LogP contribution in [0, 0.1) is 5.82 Å². The van der Waals surface area contributed by atoms with E-state index in [1.807, 2.05) is 6.92 Å². The molecule has 112 valence electrons. The number of halogens is 1. The summed E-state index contributed by atoms with van der Waals surface area (Å²) in [5.41, 5.74) is 0.971. The normalized spacial score (nSPS) is 11.4. The highest BCUT2D eigenvalue weighted by molar-refractivity contribution is 7.92. The van der Waals surface area contributed by atoms with Crippen molar-refractivity contribution >= 4 is 15.7 Å². The first-order valence-corrected chi connectivity index (χ1v) is 7.96. The third-order valence-corrected chi connectivity index (χ3v) is 4.51. The standard InChI is InChI=1S/C15H16FNO3S/c1-2-11-6-8-13(9-7-11)21(19,20)17-15-12(10-18)4-3-5-14(15)16/h3-9,17-18H,2,10H2,1H3. The summed E-state index contributed by atoms with van der Waals surface area (Å²) in [5.74, 6) is -0.727. The molecule has 0 saturated carbocycles. The third kappa shape index (κ3) is 3.40. The molecule has 6 heteroatoms. The van der Waals surface area contributed by atoms with Crippen molar-refractivity contribution < 1.29 is 17.9 Å². The second-order valence-corrected chi connectivity index (χ2v) is 6.22. The summed E-state index contributed by atoms with van der Waals surface area (Å²) in [7, 11) is -3.89. The van der Waals surface area contributed by atoms with Crippen LogP contribution in [0.5, 0.6) is 0 Å². The molecule has 0 aliphatic rings. The Bertz CT molecular complexity index is 727. The lowest BCUT2D eigenvalue weighted by Crippen LogP contribution is -2.15. The number of aliphatic hydroxyl groups is 1. The van der Waals surface area contributed by atoms with Gasteiger partial charge in [0.15, 0.2) is 0 Å². The van der Waals surface area contributed by atoms with Crippen LogP contribution in [0.1, 0.15) is 18.1 Å². The maximum Gasteiger partial charge on any atom is 0.261 e. The van der Waals surface area contributed by atoms with E-state index in [0.29, 0.717) is 0 Å². The number of para-hydroxylation sites is 1. The van der Waals surface area contributed by atoms with Crippen molar-refractivity contribution in [3.05, 3.63) is 59.4 Å². The van der Waals surface area contributed by atoms with E-state index in [9.17, 15) is 17.9 Å². The quantitative estimate of drug-likeness (QED) is 0.892. The van der Waals surface area contributed by atoms with E-state index < -0.39 is 22.4 Å². The number of aliphatic hydroxyl groups excluding tert-OH is 1. The first-order valence-electron chi connectivity index (χ1n) is 6.48. The highest BCUT2D eigenvalue weighted by Crippen LogP contribution is 2.23. The highest BCUT2D eigenvalue weighted by atomic mass is 32.2. The molecule has 0 spiro atoms. The molecule has 0 saturated heterocycles. The van der Waals surface area contributed by atoms with Crippen LogP contribution in [0.25, 0.3) is 0 Å². The van der Waals surface area contributed by atoms with Crippen LogP contribution in [-0.2, 0) is 23.1 Å². The van der Waals surface area contributed by atoms with E-state index >= 15 is 0 Å². The summed E-state index contributed by atoms with van der Waals surface area (Å²) in [6.07, 6.45) is 0.801. The van der Waals surface area contributed by atoms with Gasteiger partial charge in [-0.1, -0.05) is 31.2 Å². The van der Waals surface area contributed by atoms with Crippen molar-refractivity contribution in [2.75, 3.05) is 4.72 Å². The topological polar surface area (TPSA) is 66.4 Å². The lowest BCUT2D eigenvalue weighted by Gasteiger charge is -2.12. The molecule has 0 unspecified atom stereocenters. The maximum atomic E-state index is 13.8. The van der Waals surface area contributed by atoms with Gasteiger partial charge < -0.3 is 5.11 Å². The van der Waals surface area contributed by atoms with Gasteiger partial charge in [-0.2, -0.15) is 0 Å².